The standard InChI is InChI=1S/C38H43F2N7O6/c1-8-50-25-17-28(39)27(29(40)18-25)21-47-31-13-10-9-12-26(31)33(46-47)35-42-20-32(34(45-35)44-30-16-23(3)41-19-22(30)2)51-14-11-15-52-36(48)24(4)43-37(49)53-38(5,6)7/h9-10,12-13,16-20,24H,8,11,14-15,21H2,1-7H3,(H,43,49)(H,41,42,44,45)/t24-/m0/s1. The van der Waals surface area contributed by atoms with Crippen molar-refractivity contribution >= 4 is 34.5 Å². The van der Waals surface area contributed by atoms with Gasteiger partial charge in [-0.3, -0.25) is 9.67 Å². The van der Waals surface area contributed by atoms with Crippen LogP contribution >= 0.6 is 0 Å². The Bertz CT molecular complexity index is 2080. The second-order valence-corrected chi connectivity index (χ2v) is 13.2. The van der Waals surface area contributed by atoms with Gasteiger partial charge in [0.1, 0.15) is 34.7 Å². The number of halogens is 2. The molecule has 1 amide bonds. The largest absolute Gasteiger partial charge is 0.494 e. The smallest absolute Gasteiger partial charge is 0.408 e. The maximum Gasteiger partial charge on any atom is 0.408 e. The van der Waals surface area contributed by atoms with Crippen molar-refractivity contribution < 1.29 is 37.3 Å². The molecule has 0 spiro atoms. The van der Waals surface area contributed by atoms with E-state index in [-0.39, 0.29) is 43.5 Å². The second kappa shape index (κ2) is 16.7. The maximum atomic E-state index is 15.1. The molecule has 1 atom stereocenters. The Morgan fingerprint density at radius 2 is 1.72 bits per heavy atom. The van der Waals surface area contributed by atoms with E-state index in [9.17, 15) is 9.59 Å². The molecule has 2 N–H and O–H groups in total. The van der Waals surface area contributed by atoms with Crippen molar-refractivity contribution in [1.82, 2.24) is 30.0 Å². The van der Waals surface area contributed by atoms with Gasteiger partial charge in [0.25, 0.3) is 0 Å². The van der Waals surface area contributed by atoms with E-state index < -0.39 is 35.3 Å². The van der Waals surface area contributed by atoms with Crippen LogP contribution in [0.15, 0.2) is 54.9 Å². The molecule has 0 aliphatic rings. The number of pyridine rings is 1. The van der Waals surface area contributed by atoms with Gasteiger partial charge < -0.3 is 29.6 Å². The van der Waals surface area contributed by atoms with Crippen LogP contribution in [0.25, 0.3) is 22.4 Å². The van der Waals surface area contributed by atoms with Crippen LogP contribution in [0.1, 0.15) is 57.9 Å². The van der Waals surface area contributed by atoms with Crippen molar-refractivity contribution in [2.24, 2.45) is 0 Å². The zero-order valence-electron chi connectivity index (χ0n) is 30.8. The minimum absolute atomic E-state index is 0.0303. The molecule has 5 rings (SSSR count). The molecule has 5 aromatic rings. The number of hydrogen-bond acceptors (Lipinski definition) is 11. The summed E-state index contributed by atoms with van der Waals surface area (Å²) in [6.07, 6.45) is 2.85. The third-order valence-electron chi connectivity index (χ3n) is 7.73. The highest BCUT2D eigenvalue weighted by Gasteiger charge is 2.23. The molecule has 0 aliphatic heterocycles. The number of nitrogens with one attached hydrogen (secondary N) is 2. The number of alkyl carbamates (subject to hydrolysis) is 1. The predicted molar refractivity (Wildman–Crippen MR) is 194 cm³/mol. The number of nitrogens with zero attached hydrogens (tertiary/aromatic N) is 5. The van der Waals surface area contributed by atoms with Crippen LogP contribution in [-0.2, 0) is 20.8 Å². The lowest BCUT2D eigenvalue weighted by Gasteiger charge is -2.21. The highest BCUT2D eigenvalue weighted by Crippen LogP contribution is 2.33. The first-order valence-electron chi connectivity index (χ1n) is 17.1. The normalized spacial score (nSPS) is 11.9. The number of para-hydroxylation sites is 1. The fourth-order valence-electron chi connectivity index (χ4n) is 5.20. The molecule has 13 nitrogen and oxygen atoms in total. The molecular formula is C38H43F2N7O6. The second-order valence-electron chi connectivity index (χ2n) is 13.2. The van der Waals surface area contributed by atoms with E-state index >= 15 is 8.78 Å². The summed E-state index contributed by atoms with van der Waals surface area (Å²) in [6, 6.07) is 10.6. The van der Waals surface area contributed by atoms with Crippen molar-refractivity contribution in [3.05, 3.63) is 83.3 Å². The van der Waals surface area contributed by atoms with Crippen molar-refractivity contribution in [2.75, 3.05) is 25.1 Å². The van der Waals surface area contributed by atoms with Gasteiger partial charge in [-0.1, -0.05) is 18.2 Å². The van der Waals surface area contributed by atoms with Gasteiger partial charge in [-0.25, -0.2) is 28.3 Å². The summed E-state index contributed by atoms with van der Waals surface area (Å²) in [5, 5.41) is 11.2. The van der Waals surface area contributed by atoms with Gasteiger partial charge in [0.2, 0.25) is 0 Å². The van der Waals surface area contributed by atoms with Crippen LogP contribution in [0.3, 0.4) is 0 Å². The van der Waals surface area contributed by atoms with Gasteiger partial charge in [-0.2, -0.15) is 5.10 Å². The molecule has 0 radical (unpaired) electrons. The summed E-state index contributed by atoms with van der Waals surface area (Å²) in [5.74, 6) is -1.11. The summed E-state index contributed by atoms with van der Waals surface area (Å²) in [7, 11) is 0. The molecule has 0 aliphatic carbocycles. The summed E-state index contributed by atoms with van der Waals surface area (Å²) in [6.45, 7) is 12.4. The molecule has 0 saturated heterocycles. The first-order chi connectivity index (χ1) is 25.2. The zero-order chi connectivity index (χ0) is 38.3. The number of hydrogen-bond donors (Lipinski definition) is 2. The van der Waals surface area contributed by atoms with Gasteiger partial charge in [0.05, 0.1) is 38.1 Å². The Morgan fingerprint density at radius 1 is 0.981 bits per heavy atom. The van der Waals surface area contributed by atoms with E-state index in [4.69, 9.17) is 29.0 Å². The number of anilines is 2. The molecule has 0 fully saturated rings. The summed E-state index contributed by atoms with van der Waals surface area (Å²) in [5.41, 5.74) is 2.53. The Morgan fingerprint density at radius 3 is 2.43 bits per heavy atom. The molecule has 280 valence electrons. The van der Waals surface area contributed by atoms with E-state index in [1.165, 1.54) is 17.8 Å². The zero-order valence-corrected chi connectivity index (χ0v) is 30.8. The van der Waals surface area contributed by atoms with Gasteiger partial charge in [-0.05, 0) is 66.2 Å². The lowest BCUT2D eigenvalue weighted by molar-refractivity contribution is -0.145. The monoisotopic (exact) mass is 731 g/mol. The lowest BCUT2D eigenvalue weighted by atomic mass is 10.1. The van der Waals surface area contributed by atoms with Crippen LogP contribution in [0.5, 0.6) is 11.5 Å². The highest BCUT2D eigenvalue weighted by molar-refractivity contribution is 5.92. The topological polar surface area (TPSA) is 152 Å². The Balaban J connectivity index is 1.36. The number of ether oxygens (including phenoxy) is 4. The average molecular weight is 732 g/mol. The third kappa shape index (κ3) is 9.93. The minimum atomic E-state index is -0.909. The van der Waals surface area contributed by atoms with Crippen molar-refractivity contribution in [3.8, 4) is 23.0 Å². The average Bonchev–Trinajstić information content (AvgIpc) is 3.46. The van der Waals surface area contributed by atoms with E-state index in [1.807, 2.05) is 38.1 Å². The number of carbonyl (C=O) groups excluding carboxylic acids is 2. The van der Waals surface area contributed by atoms with Gasteiger partial charge in [0.15, 0.2) is 17.4 Å². The van der Waals surface area contributed by atoms with Crippen molar-refractivity contribution in [1.29, 1.82) is 0 Å². The summed E-state index contributed by atoms with van der Waals surface area (Å²) < 4.78 is 53.5. The molecule has 3 aromatic heterocycles. The fourth-order valence-corrected chi connectivity index (χ4v) is 5.20. The minimum Gasteiger partial charge on any atom is -0.494 e. The van der Waals surface area contributed by atoms with Crippen LogP contribution in [0.4, 0.5) is 25.1 Å². The van der Waals surface area contributed by atoms with Crippen LogP contribution in [-0.4, -0.2) is 68.3 Å². The summed E-state index contributed by atoms with van der Waals surface area (Å²) in [4.78, 5) is 38.1. The van der Waals surface area contributed by atoms with Crippen molar-refractivity contribution in [2.45, 2.75) is 73.1 Å². The number of benzene rings is 2. The molecule has 3 heterocycles. The summed E-state index contributed by atoms with van der Waals surface area (Å²) >= 11 is 0. The molecule has 0 bridgehead atoms. The van der Waals surface area contributed by atoms with Crippen LogP contribution in [0, 0.1) is 25.5 Å². The number of aromatic nitrogens is 5. The predicted octanol–water partition coefficient (Wildman–Crippen LogP) is 7.20. The van der Waals surface area contributed by atoms with Crippen molar-refractivity contribution in [3.63, 3.8) is 0 Å². The Labute approximate surface area is 306 Å². The molecule has 0 unspecified atom stereocenters. The van der Waals surface area contributed by atoms with Crippen LogP contribution in [0.2, 0.25) is 0 Å². The fraction of sp³-hybridized carbons (Fsp3) is 0.368. The van der Waals surface area contributed by atoms with Crippen LogP contribution < -0.4 is 20.1 Å². The molecule has 15 heteroatoms. The Hall–Kier alpha value is -5.86. The number of fused-ring (bicyclic) bond motifs is 1. The van der Waals surface area contributed by atoms with Gasteiger partial charge >= 0.3 is 12.1 Å². The molecule has 0 saturated carbocycles. The number of aryl methyl sites for hydroxylation is 2. The molecule has 53 heavy (non-hydrogen) atoms. The SMILES string of the molecule is CCOc1cc(F)c(Cn2nc(-c3ncc(OCCCOC(=O)[C@H](C)NC(=O)OC(C)(C)C)c(Nc4cc(C)ncc4C)n3)c3ccccc32)c(F)c1. The lowest BCUT2D eigenvalue weighted by Crippen LogP contribution is -2.42. The highest BCUT2D eigenvalue weighted by atomic mass is 19.1. The third-order valence-corrected chi connectivity index (χ3v) is 7.73. The number of carbonyl (C=O) groups is 2. The van der Waals surface area contributed by atoms with E-state index in [0.29, 0.717) is 34.6 Å². The molecular weight excluding hydrogens is 688 g/mol. The van der Waals surface area contributed by atoms with E-state index in [0.717, 1.165) is 29.1 Å². The first-order valence-corrected chi connectivity index (χ1v) is 17.1. The number of rotatable bonds is 14. The van der Waals surface area contributed by atoms with Gasteiger partial charge in [0, 0.05) is 47.1 Å². The van der Waals surface area contributed by atoms with E-state index in [2.05, 4.69) is 20.6 Å². The van der Waals surface area contributed by atoms with E-state index in [1.54, 1.807) is 40.0 Å². The maximum absolute atomic E-state index is 15.1. The van der Waals surface area contributed by atoms with Gasteiger partial charge in [-0.15, -0.1) is 0 Å². The Kier molecular flexibility index (Phi) is 12.1. The number of esters is 1. The first kappa shape index (κ1) is 38.4. The molecule has 2 aromatic carbocycles. The quantitative estimate of drug-likeness (QED) is 0.0881. The number of amides is 1.